The van der Waals surface area contributed by atoms with Crippen molar-refractivity contribution in [3.63, 3.8) is 0 Å². The molecule has 0 fully saturated rings. The molecule has 8 nitrogen and oxygen atoms in total. The summed E-state index contributed by atoms with van der Waals surface area (Å²) in [4.78, 5) is 16.8. The highest BCUT2D eigenvalue weighted by molar-refractivity contribution is 7.53. The van der Waals surface area contributed by atoms with E-state index < -0.39 is 7.60 Å². The highest BCUT2D eigenvalue weighted by Gasteiger charge is 2.24. The number of benzene rings is 2. The van der Waals surface area contributed by atoms with E-state index in [1.54, 1.807) is 0 Å². The number of fused-ring (bicyclic) bond motifs is 2. The SMILES string of the molecule is CCOP(=O)(CCC[n+]1ccc(CCc2ccc3c(c2)CCCN3CCC(=O)NCCN(C)C)c2ccccc21)OCC. The van der Waals surface area contributed by atoms with Crippen molar-refractivity contribution in [3.05, 3.63) is 71.4 Å². The Bertz CT molecular complexity index is 1390. The van der Waals surface area contributed by atoms with Crippen LogP contribution in [0.1, 0.15) is 49.8 Å². The Hall–Kier alpha value is -2.77. The molecule has 0 spiro atoms. The molecule has 0 aliphatic carbocycles. The lowest BCUT2D eigenvalue weighted by atomic mass is 9.95. The molecule has 1 aliphatic heterocycles. The Labute approximate surface area is 257 Å². The predicted molar refractivity (Wildman–Crippen MR) is 175 cm³/mol. The number of amides is 1. The van der Waals surface area contributed by atoms with Crippen molar-refractivity contribution in [1.29, 1.82) is 0 Å². The standard InChI is InChI=1S/C34H49N4O4P/c1-5-41-43(40,42-6-2)26-10-22-38-23-18-29(31-12-7-8-13-33(31)38)16-14-28-15-17-32-30(27-28)11-9-21-37(32)24-19-34(39)35-20-25-36(3)4/h7-8,12-13,15,17-18,23,27H,5-6,9-11,14,16,19-22,24-26H2,1-4H3/p+1. The zero-order valence-corrected chi connectivity index (χ0v) is 27.4. The molecule has 2 heterocycles. The molecule has 3 aromatic rings. The first-order chi connectivity index (χ1) is 20.8. The van der Waals surface area contributed by atoms with Gasteiger partial charge in [0.05, 0.1) is 19.4 Å². The van der Waals surface area contributed by atoms with Crippen LogP contribution < -0.4 is 14.8 Å². The van der Waals surface area contributed by atoms with Gasteiger partial charge in [0.1, 0.15) is 6.54 Å². The van der Waals surface area contributed by atoms with E-state index in [1.165, 1.54) is 33.3 Å². The van der Waals surface area contributed by atoms with Gasteiger partial charge in [-0.15, -0.1) is 0 Å². The Kier molecular flexibility index (Phi) is 12.6. The lowest BCUT2D eigenvalue weighted by molar-refractivity contribution is -0.671. The van der Waals surface area contributed by atoms with Crippen LogP contribution >= 0.6 is 7.60 Å². The first-order valence-corrected chi connectivity index (χ1v) is 17.6. The number of nitrogens with one attached hydrogen (secondary N) is 1. The fraction of sp³-hybridized carbons (Fsp3) is 0.529. The molecule has 0 saturated heterocycles. The Balaban J connectivity index is 1.37. The molecule has 1 N–H and O–H groups in total. The van der Waals surface area contributed by atoms with Gasteiger partial charge in [0.25, 0.3) is 0 Å². The normalized spacial score (nSPS) is 13.5. The number of hydrogen-bond acceptors (Lipinski definition) is 6. The number of aryl methyl sites for hydroxylation is 4. The average molecular weight is 610 g/mol. The Morgan fingerprint density at radius 3 is 2.63 bits per heavy atom. The van der Waals surface area contributed by atoms with Crippen molar-refractivity contribution in [2.45, 2.75) is 58.9 Å². The smallest absolute Gasteiger partial charge is 0.330 e. The summed E-state index contributed by atoms with van der Waals surface area (Å²) in [6, 6.07) is 17.7. The molecule has 1 aromatic heterocycles. The van der Waals surface area contributed by atoms with E-state index in [2.05, 4.69) is 74.4 Å². The monoisotopic (exact) mass is 609 g/mol. The predicted octanol–water partition coefficient (Wildman–Crippen LogP) is 5.39. The van der Waals surface area contributed by atoms with Crippen molar-refractivity contribution in [3.8, 4) is 0 Å². The van der Waals surface area contributed by atoms with Crippen molar-refractivity contribution in [1.82, 2.24) is 10.2 Å². The summed E-state index contributed by atoms with van der Waals surface area (Å²) >= 11 is 0. The highest BCUT2D eigenvalue weighted by atomic mass is 31.2. The van der Waals surface area contributed by atoms with Crippen LogP contribution in [0.2, 0.25) is 0 Å². The first kappa shape index (κ1) is 33.1. The number of anilines is 1. The third-order valence-electron chi connectivity index (χ3n) is 8.03. The van der Waals surface area contributed by atoms with Crippen LogP contribution in [0.4, 0.5) is 5.69 Å². The second kappa shape index (κ2) is 16.3. The molecular formula is C34H50N4O4P+. The second-order valence-electron chi connectivity index (χ2n) is 11.5. The number of pyridine rings is 1. The van der Waals surface area contributed by atoms with Crippen LogP contribution in [0.5, 0.6) is 0 Å². The molecule has 0 atom stereocenters. The van der Waals surface area contributed by atoms with Gasteiger partial charge >= 0.3 is 7.60 Å². The van der Waals surface area contributed by atoms with Crippen LogP contribution in [0.3, 0.4) is 0 Å². The molecule has 9 heteroatoms. The number of nitrogens with zero attached hydrogens (tertiary/aromatic N) is 3. The van der Waals surface area contributed by atoms with Crippen LogP contribution in [0.25, 0.3) is 10.9 Å². The first-order valence-electron chi connectivity index (χ1n) is 15.9. The van der Waals surface area contributed by atoms with Gasteiger partial charge in [-0.2, -0.15) is 4.57 Å². The largest absolute Gasteiger partial charge is 0.371 e. The summed E-state index contributed by atoms with van der Waals surface area (Å²) in [6.07, 6.45) is 7.95. The minimum Gasteiger partial charge on any atom is -0.371 e. The third kappa shape index (κ3) is 9.61. The Morgan fingerprint density at radius 2 is 1.86 bits per heavy atom. The highest BCUT2D eigenvalue weighted by Crippen LogP contribution is 2.48. The maximum absolute atomic E-state index is 12.9. The fourth-order valence-corrected chi connectivity index (χ4v) is 7.54. The van der Waals surface area contributed by atoms with E-state index in [4.69, 9.17) is 9.05 Å². The maximum atomic E-state index is 12.9. The zero-order chi connectivity index (χ0) is 30.7. The van der Waals surface area contributed by atoms with Gasteiger partial charge in [-0.1, -0.05) is 24.3 Å². The number of likely N-dealkylation sites (N-methyl/N-ethyl adjacent to an activating group) is 1. The number of hydrogen-bond donors (Lipinski definition) is 1. The van der Waals surface area contributed by atoms with Crippen molar-refractivity contribution in [2.75, 3.05) is 64.5 Å². The van der Waals surface area contributed by atoms with Crippen LogP contribution in [0.15, 0.2) is 54.7 Å². The summed E-state index contributed by atoms with van der Waals surface area (Å²) in [6.45, 7) is 8.53. The summed E-state index contributed by atoms with van der Waals surface area (Å²) < 4.78 is 26.1. The lowest BCUT2D eigenvalue weighted by Gasteiger charge is -2.31. The molecule has 1 amide bonds. The van der Waals surface area contributed by atoms with Crippen LogP contribution in [-0.4, -0.2) is 70.5 Å². The molecule has 0 saturated carbocycles. The molecular weight excluding hydrogens is 559 g/mol. The summed E-state index contributed by atoms with van der Waals surface area (Å²) in [5.74, 6) is 0.123. The van der Waals surface area contributed by atoms with Gasteiger partial charge in [-0.3, -0.25) is 9.36 Å². The van der Waals surface area contributed by atoms with E-state index >= 15 is 0 Å². The van der Waals surface area contributed by atoms with E-state index in [9.17, 15) is 9.36 Å². The molecule has 234 valence electrons. The number of carbonyl (C=O) groups excluding carboxylic acids is 1. The summed E-state index contributed by atoms with van der Waals surface area (Å²) in [7, 11) is 0.994. The van der Waals surface area contributed by atoms with Gasteiger partial charge in [0.2, 0.25) is 11.4 Å². The van der Waals surface area contributed by atoms with E-state index in [1.807, 2.05) is 27.9 Å². The quantitative estimate of drug-likeness (QED) is 0.164. The molecule has 43 heavy (non-hydrogen) atoms. The van der Waals surface area contributed by atoms with Gasteiger partial charge in [-0.05, 0) is 82.4 Å². The second-order valence-corrected chi connectivity index (χ2v) is 13.7. The van der Waals surface area contributed by atoms with E-state index in [0.29, 0.717) is 32.3 Å². The van der Waals surface area contributed by atoms with Crippen molar-refractivity contribution < 1.29 is 23.0 Å². The zero-order valence-electron chi connectivity index (χ0n) is 26.5. The molecule has 0 bridgehead atoms. The van der Waals surface area contributed by atoms with Gasteiger partial charge < -0.3 is 24.2 Å². The average Bonchev–Trinajstić information content (AvgIpc) is 2.99. The fourth-order valence-electron chi connectivity index (χ4n) is 5.89. The molecule has 0 radical (unpaired) electrons. The molecule has 1 aliphatic rings. The van der Waals surface area contributed by atoms with Gasteiger partial charge in [0, 0.05) is 62.2 Å². The topological polar surface area (TPSA) is 75.0 Å². The number of carbonyl (C=O) groups is 1. The number of aromatic nitrogens is 1. The lowest BCUT2D eigenvalue weighted by Crippen LogP contribution is -2.36. The molecule has 2 aromatic carbocycles. The number of para-hydroxylation sites is 1. The van der Waals surface area contributed by atoms with E-state index in [0.717, 1.165) is 58.3 Å². The van der Waals surface area contributed by atoms with Crippen LogP contribution in [-0.2, 0) is 44.2 Å². The molecule has 4 rings (SSSR count). The van der Waals surface area contributed by atoms with Crippen LogP contribution in [0, 0.1) is 0 Å². The van der Waals surface area contributed by atoms with Crippen molar-refractivity contribution >= 4 is 30.1 Å². The Morgan fingerprint density at radius 1 is 1.07 bits per heavy atom. The summed E-state index contributed by atoms with van der Waals surface area (Å²) in [5, 5.41) is 4.29. The minimum atomic E-state index is -3.04. The summed E-state index contributed by atoms with van der Waals surface area (Å²) in [5.41, 5.74) is 6.55. The maximum Gasteiger partial charge on any atom is 0.330 e. The van der Waals surface area contributed by atoms with E-state index in [-0.39, 0.29) is 5.91 Å². The third-order valence-corrected chi connectivity index (χ3v) is 10.2. The minimum absolute atomic E-state index is 0.123. The molecule has 0 unspecified atom stereocenters. The number of rotatable bonds is 17. The van der Waals surface area contributed by atoms with Crippen molar-refractivity contribution in [2.24, 2.45) is 0 Å². The van der Waals surface area contributed by atoms with Gasteiger partial charge in [0.15, 0.2) is 6.20 Å². The van der Waals surface area contributed by atoms with Gasteiger partial charge in [-0.25, -0.2) is 0 Å².